The van der Waals surface area contributed by atoms with Gasteiger partial charge < -0.3 is 4.90 Å². The first-order chi connectivity index (χ1) is 9.25. The molecule has 1 heterocycles. The van der Waals surface area contributed by atoms with Crippen molar-refractivity contribution in [1.29, 1.82) is 0 Å². The molecule has 2 aliphatic rings. The Morgan fingerprint density at radius 3 is 2.79 bits per heavy atom. The Hall–Kier alpha value is -1.60. The predicted molar refractivity (Wildman–Crippen MR) is 76.3 cm³/mol. The van der Waals surface area contributed by atoms with Crippen LogP contribution in [0.1, 0.15) is 43.2 Å². The molecule has 3 rings (SSSR count). The summed E-state index contributed by atoms with van der Waals surface area (Å²) in [4.78, 5) is 17.3. The van der Waals surface area contributed by atoms with E-state index in [1.165, 1.54) is 23.2 Å². The van der Waals surface area contributed by atoms with Gasteiger partial charge in [0.25, 0.3) is 0 Å². The van der Waals surface area contributed by atoms with Crippen molar-refractivity contribution in [1.82, 2.24) is 0 Å². The Balaban J connectivity index is 2.05. The highest BCUT2D eigenvalue weighted by Crippen LogP contribution is 2.43. The first kappa shape index (κ1) is 12.4. The zero-order chi connectivity index (χ0) is 13.3. The summed E-state index contributed by atoms with van der Waals surface area (Å²) in [5.41, 5.74) is 3.63. The molecule has 0 N–H and O–H groups in total. The van der Waals surface area contributed by atoms with Gasteiger partial charge in [0.05, 0.1) is 5.54 Å². The van der Waals surface area contributed by atoms with Crippen LogP contribution in [-0.4, -0.2) is 19.7 Å². The van der Waals surface area contributed by atoms with Crippen LogP contribution < -0.4 is 4.90 Å². The van der Waals surface area contributed by atoms with E-state index in [4.69, 9.17) is 0 Å². The Kier molecular flexibility index (Phi) is 3.16. The minimum Gasteiger partial charge on any atom is -0.374 e. The van der Waals surface area contributed by atoms with Crippen LogP contribution in [0.4, 0.5) is 5.69 Å². The number of anilines is 1. The molecule has 1 aromatic rings. The summed E-state index contributed by atoms with van der Waals surface area (Å²) in [5, 5.41) is 0. The van der Waals surface area contributed by atoms with Crippen molar-refractivity contribution < 1.29 is 4.79 Å². The molecule has 0 saturated heterocycles. The lowest BCUT2D eigenvalue weighted by Crippen LogP contribution is -2.26. The molecule has 0 bridgehead atoms. The zero-order valence-corrected chi connectivity index (χ0v) is 11.5. The molecule has 1 fully saturated rings. The molecule has 100 valence electrons. The van der Waals surface area contributed by atoms with E-state index in [2.05, 4.69) is 35.1 Å². The lowest BCUT2D eigenvalue weighted by Gasteiger charge is -2.30. The summed E-state index contributed by atoms with van der Waals surface area (Å²) in [6.45, 7) is 1.11. The summed E-state index contributed by atoms with van der Waals surface area (Å²) < 4.78 is 0. The fraction of sp³-hybridized carbons (Fsp3) is 0.562. The van der Waals surface area contributed by atoms with Crippen molar-refractivity contribution in [3.63, 3.8) is 0 Å². The number of fused-ring (bicyclic) bond motifs is 1. The lowest BCUT2D eigenvalue weighted by atomic mass is 9.86. The van der Waals surface area contributed by atoms with E-state index in [1.807, 2.05) is 0 Å². The van der Waals surface area contributed by atoms with Crippen molar-refractivity contribution in [2.75, 3.05) is 18.5 Å². The smallest absolute Gasteiger partial charge is 0.235 e. The van der Waals surface area contributed by atoms with E-state index in [1.54, 1.807) is 6.08 Å². The van der Waals surface area contributed by atoms with Crippen LogP contribution in [0, 0.1) is 0 Å². The van der Waals surface area contributed by atoms with E-state index in [-0.39, 0.29) is 5.54 Å². The first-order valence-corrected chi connectivity index (χ1v) is 7.19. The van der Waals surface area contributed by atoms with Crippen molar-refractivity contribution in [2.24, 2.45) is 4.99 Å². The maximum atomic E-state index is 10.8. The highest BCUT2D eigenvalue weighted by atomic mass is 16.1. The number of hydrogen-bond donors (Lipinski definition) is 0. The number of benzene rings is 1. The van der Waals surface area contributed by atoms with Gasteiger partial charge in [-0.25, -0.2) is 4.79 Å². The SMILES string of the molecule is CN1CCCc2ccc(C3(N=C=O)CCCC3)cc21. The second-order valence-electron chi connectivity index (χ2n) is 5.81. The molecule has 1 saturated carbocycles. The molecule has 0 unspecified atom stereocenters. The lowest BCUT2D eigenvalue weighted by molar-refractivity contribution is 0.455. The fourth-order valence-corrected chi connectivity index (χ4v) is 3.56. The summed E-state index contributed by atoms with van der Waals surface area (Å²) in [6, 6.07) is 6.64. The van der Waals surface area contributed by atoms with Crippen LogP contribution in [0.2, 0.25) is 0 Å². The summed E-state index contributed by atoms with van der Waals surface area (Å²) >= 11 is 0. The van der Waals surface area contributed by atoms with Gasteiger partial charge in [-0.3, -0.25) is 0 Å². The second-order valence-corrected chi connectivity index (χ2v) is 5.81. The van der Waals surface area contributed by atoms with Crippen molar-refractivity contribution in [3.05, 3.63) is 29.3 Å². The predicted octanol–water partition coefficient (Wildman–Crippen LogP) is 3.17. The third-order valence-corrected chi connectivity index (χ3v) is 4.66. The third-order valence-electron chi connectivity index (χ3n) is 4.66. The third kappa shape index (κ3) is 2.08. The van der Waals surface area contributed by atoms with Crippen LogP contribution in [0.25, 0.3) is 0 Å². The van der Waals surface area contributed by atoms with Gasteiger partial charge in [0.15, 0.2) is 0 Å². The number of aryl methyl sites for hydroxylation is 1. The zero-order valence-electron chi connectivity index (χ0n) is 11.5. The Labute approximate surface area is 114 Å². The second kappa shape index (κ2) is 4.82. The maximum Gasteiger partial charge on any atom is 0.235 e. The van der Waals surface area contributed by atoms with Crippen LogP contribution >= 0.6 is 0 Å². The number of carbonyl (C=O) groups excluding carboxylic acids is 1. The largest absolute Gasteiger partial charge is 0.374 e. The highest BCUT2D eigenvalue weighted by Gasteiger charge is 2.36. The van der Waals surface area contributed by atoms with Gasteiger partial charge in [0.2, 0.25) is 6.08 Å². The Morgan fingerprint density at radius 1 is 1.26 bits per heavy atom. The average molecular weight is 256 g/mol. The standard InChI is InChI=1S/C16H20N2O/c1-18-10-4-5-13-6-7-14(11-15(13)18)16(17-12-19)8-2-3-9-16/h6-7,11H,2-5,8-10H2,1H3. The van der Waals surface area contributed by atoms with E-state index in [9.17, 15) is 4.79 Å². The van der Waals surface area contributed by atoms with Crippen LogP contribution in [0.3, 0.4) is 0 Å². The summed E-state index contributed by atoms with van der Waals surface area (Å²) in [7, 11) is 2.14. The van der Waals surface area contributed by atoms with E-state index >= 15 is 0 Å². The molecule has 0 amide bonds. The van der Waals surface area contributed by atoms with Crippen molar-refractivity contribution in [3.8, 4) is 0 Å². The van der Waals surface area contributed by atoms with Gasteiger partial charge in [-0.1, -0.05) is 25.0 Å². The molecule has 1 aliphatic heterocycles. The molecule has 0 aromatic heterocycles. The Bertz CT molecular complexity index is 526. The molecular weight excluding hydrogens is 236 g/mol. The molecule has 3 heteroatoms. The van der Waals surface area contributed by atoms with E-state index < -0.39 is 0 Å². The number of aliphatic imine (C=N–C) groups is 1. The molecule has 1 aliphatic carbocycles. The molecule has 0 radical (unpaired) electrons. The number of hydrogen-bond acceptors (Lipinski definition) is 3. The van der Waals surface area contributed by atoms with E-state index in [0.29, 0.717) is 0 Å². The van der Waals surface area contributed by atoms with E-state index in [0.717, 1.165) is 38.6 Å². The van der Waals surface area contributed by atoms with Crippen LogP contribution in [0.5, 0.6) is 0 Å². The van der Waals surface area contributed by atoms with Crippen molar-refractivity contribution in [2.45, 2.75) is 44.1 Å². The van der Waals surface area contributed by atoms with Gasteiger partial charge in [-0.05, 0) is 42.9 Å². The maximum absolute atomic E-state index is 10.8. The van der Waals surface area contributed by atoms with Crippen molar-refractivity contribution >= 4 is 11.8 Å². The minimum atomic E-state index is -0.297. The quantitative estimate of drug-likeness (QED) is 0.601. The molecular formula is C16H20N2O. The molecule has 19 heavy (non-hydrogen) atoms. The molecule has 0 spiro atoms. The molecule has 0 atom stereocenters. The van der Waals surface area contributed by atoms with Gasteiger partial charge >= 0.3 is 0 Å². The van der Waals surface area contributed by atoms with Crippen LogP contribution in [0.15, 0.2) is 23.2 Å². The number of rotatable bonds is 2. The van der Waals surface area contributed by atoms with Gasteiger partial charge in [-0.15, -0.1) is 0 Å². The number of nitrogens with zero attached hydrogens (tertiary/aromatic N) is 2. The van der Waals surface area contributed by atoms with Crippen LogP contribution in [-0.2, 0) is 16.8 Å². The number of isocyanates is 1. The van der Waals surface area contributed by atoms with Gasteiger partial charge in [0, 0.05) is 19.3 Å². The normalized spacial score (nSPS) is 20.8. The highest BCUT2D eigenvalue weighted by molar-refractivity contribution is 5.58. The topological polar surface area (TPSA) is 32.7 Å². The Morgan fingerprint density at radius 2 is 2.05 bits per heavy atom. The fourth-order valence-electron chi connectivity index (χ4n) is 3.56. The van der Waals surface area contributed by atoms with Gasteiger partial charge in [0.1, 0.15) is 0 Å². The summed E-state index contributed by atoms with van der Waals surface area (Å²) in [5.74, 6) is 0. The van der Waals surface area contributed by atoms with Gasteiger partial charge in [-0.2, -0.15) is 4.99 Å². The average Bonchev–Trinajstić information content (AvgIpc) is 2.89. The molecule has 3 nitrogen and oxygen atoms in total. The monoisotopic (exact) mass is 256 g/mol. The molecule has 1 aromatic carbocycles. The summed E-state index contributed by atoms with van der Waals surface area (Å²) in [6.07, 6.45) is 8.44. The first-order valence-electron chi connectivity index (χ1n) is 7.19. The minimum absolute atomic E-state index is 0.297.